The fourth-order valence-electron chi connectivity index (χ4n) is 2.75. The van der Waals surface area contributed by atoms with Gasteiger partial charge in [0.15, 0.2) is 10.1 Å². The van der Waals surface area contributed by atoms with Crippen molar-refractivity contribution in [3.8, 4) is 16.3 Å². The Morgan fingerprint density at radius 2 is 2.04 bits per heavy atom. The molecule has 3 N–H and O–H groups in total. The number of amides is 1. The van der Waals surface area contributed by atoms with E-state index in [1.54, 1.807) is 0 Å². The third-order valence-electron chi connectivity index (χ3n) is 3.92. The van der Waals surface area contributed by atoms with Gasteiger partial charge in [0.25, 0.3) is 0 Å². The lowest BCUT2D eigenvalue weighted by Gasteiger charge is -2.06. The second-order valence-corrected chi connectivity index (χ2v) is 7.96. The van der Waals surface area contributed by atoms with Crippen LogP contribution in [0.5, 0.6) is 5.75 Å². The number of nitrogens with one attached hydrogen (secondary N) is 1. The normalized spacial score (nSPS) is 10.9. The van der Waals surface area contributed by atoms with E-state index >= 15 is 0 Å². The van der Waals surface area contributed by atoms with Crippen LogP contribution in [0.3, 0.4) is 0 Å². The van der Waals surface area contributed by atoms with E-state index in [-0.39, 0.29) is 12.3 Å². The van der Waals surface area contributed by atoms with Crippen molar-refractivity contribution >= 4 is 49.1 Å². The van der Waals surface area contributed by atoms with E-state index in [9.17, 15) is 4.79 Å². The number of carbonyl (C=O) groups excluding carboxylic acids is 1. The van der Waals surface area contributed by atoms with Gasteiger partial charge < -0.3 is 15.8 Å². The molecule has 2 heterocycles. The first-order valence-electron chi connectivity index (χ1n) is 8.63. The van der Waals surface area contributed by atoms with E-state index in [1.165, 1.54) is 22.7 Å². The summed E-state index contributed by atoms with van der Waals surface area (Å²) in [5, 5.41) is 12.8. The highest BCUT2D eigenvalue weighted by atomic mass is 32.1. The lowest BCUT2D eigenvalue weighted by Crippen LogP contribution is -2.14. The zero-order valence-electron chi connectivity index (χ0n) is 15.0. The molecule has 7 nitrogen and oxygen atoms in total. The fraction of sp³-hybridized carbons (Fsp3) is 0.158. The number of benzene rings is 2. The van der Waals surface area contributed by atoms with Gasteiger partial charge in [-0.1, -0.05) is 40.9 Å². The number of thiazole rings is 1. The molecule has 4 aromatic rings. The second kappa shape index (κ2) is 7.91. The Bertz CT molecular complexity index is 1140. The van der Waals surface area contributed by atoms with E-state index in [2.05, 4.69) is 20.5 Å². The molecule has 28 heavy (non-hydrogen) atoms. The van der Waals surface area contributed by atoms with Gasteiger partial charge in [-0.2, -0.15) is 0 Å². The molecule has 0 saturated carbocycles. The Morgan fingerprint density at radius 3 is 2.89 bits per heavy atom. The van der Waals surface area contributed by atoms with Gasteiger partial charge >= 0.3 is 0 Å². The Kier molecular flexibility index (Phi) is 5.18. The van der Waals surface area contributed by atoms with Crippen molar-refractivity contribution in [2.75, 3.05) is 17.7 Å². The molecular formula is C19H17N5O2S2. The summed E-state index contributed by atoms with van der Waals surface area (Å²) < 4.78 is 6.60. The van der Waals surface area contributed by atoms with Gasteiger partial charge in [0.2, 0.25) is 11.0 Å². The van der Waals surface area contributed by atoms with Crippen LogP contribution in [0.4, 0.5) is 10.3 Å². The van der Waals surface area contributed by atoms with Crippen LogP contribution >= 0.6 is 22.7 Å². The summed E-state index contributed by atoms with van der Waals surface area (Å²) >= 11 is 2.72. The smallest absolute Gasteiger partial charge is 0.230 e. The third-order valence-corrected chi connectivity index (χ3v) is 5.64. The molecule has 4 rings (SSSR count). The molecule has 2 aromatic heterocycles. The molecule has 0 aliphatic heterocycles. The molecule has 0 aliphatic rings. The first-order chi connectivity index (χ1) is 13.6. The number of hydrogen-bond acceptors (Lipinski definition) is 8. The minimum atomic E-state index is -0.155. The van der Waals surface area contributed by atoms with E-state index in [4.69, 9.17) is 10.5 Å². The summed E-state index contributed by atoms with van der Waals surface area (Å²) in [5.41, 5.74) is 8.32. The maximum Gasteiger partial charge on any atom is 0.230 e. The summed E-state index contributed by atoms with van der Waals surface area (Å²) in [6, 6.07) is 13.3. The third kappa shape index (κ3) is 3.95. The maximum absolute atomic E-state index is 12.4. The molecule has 142 valence electrons. The number of ether oxygens (including phenoxy) is 1. The highest BCUT2D eigenvalue weighted by Crippen LogP contribution is 2.33. The van der Waals surface area contributed by atoms with Gasteiger partial charge in [0, 0.05) is 0 Å². The van der Waals surface area contributed by atoms with Gasteiger partial charge in [-0.05, 0) is 36.8 Å². The van der Waals surface area contributed by atoms with Crippen LogP contribution in [0.25, 0.3) is 20.8 Å². The summed E-state index contributed by atoms with van der Waals surface area (Å²) in [6.07, 6.45) is 0.234. The molecule has 0 unspecified atom stereocenters. The van der Waals surface area contributed by atoms with E-state index in [0.717, 1.165) is 27.1 Å². The number of carbonyl (C=O) groups is 1. The van der Waals surface area contributed by atoms with Gasteiger partial charge in [-0.3, -0.25) is 4.79 Å². The molecule has 9 heteroatoms. The fourth-order valence-corrected chi connectivity index (χ4v) is 4.34. The Labute approximate surface area is 169 Å². The number of nitrogens with two attached hydrogens (primary N) is 1. The number of nitrogens with zero attached hydrogens (tertiary/aromatic N) is 3. The van der Waals surface area contributed by atoms with Crippen molar-refractivity contribution in [3.05, 3.63) is 48.0 Å². The molecule has 1 amide bonds. The van der Waals surface area contributed by atoms with Crippen LogP contribution in [0.2, 0.25) is 0 Å². The number of nitrogen functional groups attached to an aromatic ring is 1. The molecule has 0 radical (unpaired) electrons. The quantitative estimate of drug-likeness (QED) is 0.497. The van der Waals surface area contributed by atoms with E-state index in [0.29, 0.717) is 21.9 Å². The lowest BCUT2D eigenvalue weighted by molar-refractivity contribution is -0.115. The van der Waals surface area contributed by atoms with Crippen molar-refractivity contribution in [1.29, 1.82) is 0 Å². The number of anilines is 2. The number of fused-ring (bicyclic) bond motifs is 1. The largest absolute Gasteiger partial charge is 0.493 e. The number of aromatic nitrogens is 3. The zero-order valence-corrected chi connectivity index (χ0v) is 16.6. The molecule has 0 fully saturated rings. The molecular weight excluding hydrogens is 394 g/mol. The summed E-state index contributed by atoms with van der Waals surface area (Å²) in [4.78, 5) is 16.6. The van der Waals surface area contributed by atoms with Crippen LogP contribution in [0, 0.1) is 0 Å². The average Bonchev–Trinajstić information content (AvgIpc) is 3.27. The van der Waals surface area contributed by atoms with Crippen LogP contribution < -0.4 is 15.8 Å². The molecule has 0 saturated heterocycles. The standard InChI is InChI=1S/C19H17N5O2S2/c1-2-26-14-6-4-3-5-12(14)17-23-24-19(28-17)22-16(25)10-11-7-8-13-15(9-11)27-18(20)21-13/h3-9H,2,10H2,1H3,(H2,20,21)(H,22,24,25). The lowest BCUT2D eigenvalue weighted by atomic mass is 10.1. The topological polar surface area (TPSA) is 103 Å². The van der Waals surface area contributed by atoms with Crippen molar-refractivity contribution < 1.29 is 9.53 Å². The van der Waals surface area contributed by atoms with Gasteiger partial charge in [-0.15, -0.1) is 10.2 Å². The van der Waals surface area contributed by atoms with Crippen LogP contribution in [-0.4, -0.2) is 27.7 Å². The summed E-state index contributed by atoms with van der Waals surface area (Å²) in [6.45, 7) is 2.50. The van der Waals surface area contributed by atoms with Gasteiger partial charge in [-0.25, -0.2) is 4.98 Å². The van der Waals surface area contributed by atoms with Gasteiger partial charge in [0.1, 0.15) is 5.75 Å². The van der Waals surface area contributed by atoms with Crippen LogP contribution in [0.1, 0.15) is 12.5 Å². The van der Waals surface area contributed by atoms with Crippen molar-refractivity contribution in [1.82, 2.24) is 15.2 Å². The summed E-state index contributed by atoms with van der Waals surface area (Å²) in [5.74, 6) is 0.591. The SMILES string of the molecule is CCOc1ccccc1-c1nnc(NC(=O)Cc2ccc3nc(N)sc3c2)s1. The Morgan fingerprint density at radius 1 is 1.18 bits per heavy atom. The number of rotatable bonds is 6. The molecule has 0 aliphatic carbocycles. The van der Waals surface area contributed by atoms with Crippen molar-refractivity contribution in [3.63, 3.8) is 0 Å². The highest BCUT2D eigenvalue weighted by Gasteiger charge is 2.14. The molecule has 0 spiro atoms. The maximum atomic E-state index is 12.4. The zero-order chi connectivity index (χ0) is 19.5. The first-order valence-corrected chi connectivity index (χ1v) is 10.3. The Balaban J connectivity index is 1.46. The van der Waals surface area contributed by atoms with E-state index in [1.807, 2.05) is 49.4 Å². The number of hydrogen-bond donors (Lipinski definition) is 2. The monoisotopic (exact) mass is 411 g/mol. The Hall–Kier alpha value is -3.04. The minimum Gasteiger partial charge on any atom is -0.493 e. The predicted octanol–water partition coefficient (Wildman–Crippen LogP) is 3.98. The highest BCUT2D eigenvalue weighted by molar-refractivity contribution is 7.22. The van der Waals surface area contributed by atoms with Crippen LogP contribution in [0.15, 0.2) is 42.5 Å². The van der Waals surface area contributed by atoms with Crippen molar-refractivity contribution in [2.45, 2.75) is 13.3 Å². The minimum absolute atomic E-state index is 0.155. The van der Waals surface area contributed by atoms with E-state index < -0.39 is 0 Å². The predicted molar refractivity (Wildman–Crippen MR) is 113 cm³/mol. The summed E-state index contributed by atoms with van der Waals surface area (Å²) in [7, 11) is 0. The molecule has 0 bridgehead atoms. The number of para-hydroxylation sites is 1. The second-order valence-electron chi connectivity index (χ2n) is 5.92. The van der Waals surface area contributed by atoms with Gasteiger partial charge in [0.05, 0.1) is 28.8 Å². The average molecular weight is 412 g/mol. The van der Waals surface area contributed by atoms with Crippen LogP contribution in [-0.2, 0) is 11.2 Å². The molecule has 2 aromatic carbocycles. The first kappa shape index (κ1) is 18.3. The van der Waals surface area contributed by atoms with Crippen molar-refractivity contribution in [2.24, 2.45) is 0 Å². The molecule has 0 atom stereocenters.